The molecule has 40 heavy (non-hydrogen) atoms. The van der Waals surface area contributed by atoms with Gasteiger partial charge in [0.25, 0.3) is 0 Å². The van der Waals surface area contributed by atoms with Crippen molar-refractivity contribution in [3.63, 3.8) is 0 Å². The van der Waals surface area contributed by atoms with Crippen molar-refractivity contribution in [1.82, 2.24) is 29.4 Å². The summed E-state index contributed by atoms with van der Waals surface area (Å²) < 4.78 is 1.94. The first kappa shape index (κ1) is 25.2. The van der Waals surface area contributed by atoms with Crippen LogP contribution in [0.1, 0.15) is 0 Å². The van der Waals surface area contributed by atoms with E-state index >= 15 is 0 Å². The van der Waals surface area contributed by atoms with Gasteiger partial charge in [0.2, 0.25) is 11.9 Å². The molecule has 1 saturated heterocycles. The molecule has 4 heterocycles. The third-order valence-electron chi connectivity index (χ3n) is 6.87. The van der Waals surface area contributed by atoms with Crippen LogP contribution in [0.25, 0.3) is 28.2 Å². The van der Waals surface area contributed by atoms with Gasteiger partial charge in [0, 0.05) is 61.2 Å². The number of benzene rings is 2. The Morgan fingerprint density at radius 1 is 0.925 bits per heavy atom. The van der Waals surface area contributed by atoms with Crippen molar-refractivity contribution in [3.8, 4) is 17.1 Å². The van der Waals surface area contributed by atoms with E-state index in [1.54, 1.807) is 18.6 Å². The molecular weight excluding hydrogens is 502 g/mol. The van der Waals surface area contributed by atoms with Crippen LogP contribution in [-0.4, -0.2) is 68.5 Å². The minimum Gasteiger partial charge on any atom is -0.369 e. The van der Waals surface area contributed by atoms with Gasteiger partial charge in [0.1, 0.15) is 11.3 Å². The Hall–Kier alpha value is -5.09. The highest BCUT2D eigenvalue weighted by Gasteiger charge is 2.18. The van der Waals surface area contributed by atoms with E-state index in [2.05, 4.69) is 56.2 Å². The first-order valence-corrected chi connectivity index (χ1v) is 13.1. The van der Waals surface area contributed by atoms with Crippen LogP contribution in [-0.2, 0) is 4.79 Å². The van der Waals surface area contributed by atoms with Crippen LogP contribution in [0.5, 0.6) is 0 Å². The maximum Gasteiger partial charge on any atom is 0.247 e. The lowest BCUT2D eigenvalue weighted by Gasteiger charge is -2.34. The summed E-state index contributed by atoms with van der Waals surface area (Å²) in [6.45, 7) is 7.70. The zero-order valence-electron chi connectivity index (χ0n) is 22.2. The topological polar surface area (TPSA) is 104 Å². The van der Waals surface area contributed by atoms with Crippen molar-refractivity contribution in [3.05, 3.63) is 91.9 Å². The van der Waals surface area contributed by atoms with E-state index in [-0.39, 0.29) is 5.91 Å². The molecule has 0 atom stereocenters. The van der Waals surface area contributed by atoms with Crippen molar-refractivity contribution < 1.29 is 4.79 Å². The van der Waals surface area contributed by atoms with Gasteiger partial charge in [0.15, 0.2) is 5.65 Å². The van der Waals surface area contributed by atoms with Gasteiger partial charge in [-0.25, -0.2) is 9.97 Å². The van der Waals surface area contributed by atoms with Gasteiger partial charge in [-0.3, -0.25) is 14.3 Å². The third-order valence-corrected chi connectivity index (χ3v) is 6.87. The smallest absolute Gasteiger partial charge is 0.247 e. The summed E-state index contributed by atoms with van der Waals surface area (Å²) >= 11 is 0. The summed E-state index contributed by atoms with van der Waals surface area (Å²) in [6, 6.07) is 19.7. The largest absolute Gasteiger partial charge is 0.369 e. The highest BCUT2D eigenvalue weighted by Crippen LogP contribution is 2.29. The number of nitrogens with zero attached hydrogens (tertiary/aromatic N) is 7. The SMILES string of the molecule is C=CC(=O)Nc1cccc(-n2c(-c3cccnc3)nc3cnc(Nc4ccc(N5CCN(C)CC5)cc4)nc32)c1. The Labute approximate surface area is 232 Å². The number of rotatable bonds is 7. The average molecular weight is 532 g/mol. The molecule has 0 radical (unpaired) electrons. The van der Waals surface area contributed by atoms with E-state index in [4.69, 9.17) is 9.97 Å². The average Bonchev–Trinajstić information content (AvgIpc) is 3.37. The minimum absolute atomic E-state index is 0.285. The molecule has 0 spiro atoms. The van der Waals surface area contributed by atoms with Crippen molar-refractivity contribution in [2.45, 2.75) is 0 Å². The first-order valence-electron chi connectivity index (χ1n) is 13.1. The van der Waals surface area contributed by atoms with E-state index in [0.717, 1.165) is 43.1 Å². The molecule has 2 aromatic carbocycles. The predicted octanol–water partition coefficient (Wildman–Crippen LogP) is 4.50. The standard InChI is InChI=1S/C30H29N9O/c1-3-27(40)33-23-7-4-8-25(18-23)39-28(21-6-5-13-31-19-21)35-26-20-32-30(36-29(26)39)34-22-9-11-24(12-10-22)38-16-14-37(2)15-17-38/h3-13,18-20H,1,14-17H2,2H3,(H,33,40)(H,32,34,36). The third kappa shape index (κ3) is 5.25. The number of amides is 1. The second-order valence-electron chi connectivity index (χ2n) is 9.62. The molecule has 1 aliphatic heterocycles. The summed E-state index contributed by atoms with van der Waals surface area (Å²) in [5.74, 6) is 0.834. The second-order valence-corrected chi connectivity index (χ2v) is 9.62. The second kappa shape index (κ2) is 11.0. The Kier molecular flexibility index (Phi) is 6.90. The van der Waals surface area contributed by atoms with E-state index in [1.165, 1.54) is 11.8 Å². The maximum absolute atomic E-state index is 11.9. The van der Waals surface area contributed by atoms with Crippen LogP contribution in [0.2, 0.25) is 0 Å². The maximum atomic E-state index is 11.9. The van der Waals surface area contributed by atoms with Crippen LogP contribution in [0.3, 0.4) is 0 Å². The molecular formula is C30H29N9O. The van der Waals surface area contributed by atoms with Crippen LogP contribution in [0.4, 0.5) is 23.0 Å². The van der Waals surface area contributed by atoms with E-state index in [9.17, 15) is 4.79 Å². The molecule has 1 fully saturated rings. The number of hydrogen-bond acceptors (Lipinski definition) is 8. The van der Waals surface area contributed by atoms with Crippen LogP contribution in [0.15, 0.2) is 91.9 Å². The summed E-state index contributed by atoms with van der Waals surface area (Å²) in [4.78, 5) is 35.2. The van der Waals surface area contributed by atoms with Gasteiger partial charge in [-0.05, 0) is 67.7 Å². The molecule has 0 bridgehead atoms. The predicted molar refractivity (Wildman–Crippen MR) is 158 cm³/mol. The molecule has 10 nitrogen and oxygen atoms in total. The van der Waals surface area contributed by atoms with E-state index in [1.807, 2.05) is 53.1 Å². The lowest BCUT2D eigenvalue weighted by Crippen LogP contribution is -2.44. The molecule has 3 aromatic heterocycles. The summed E-state index contributed by atoms with van der Waals surface area (Å²) in [7, 11) is 2.16. The van der Waals surface area contributed by atoms with Crippen molar-refractivity contribution in [2.24, 2.45) is 0 Å². The van der Waals surface area contributed by atoms with Crippen molar-refractivity contribution >= 4 is 40.1 Å². The number of imidazole rings is 1. The fraction of sp³-hybridized carbons (Fsp3) is 0.167. The Balaban J connectivity index is 1.35. The van der Waals surface area contributed by atoms with Crippen LogP contribution in [0, 0.1) is 0 Å². The molecule has 6 rings (SSSR count). The number of likely N-dealkylation sites (N-methyl/N-ethyl adjacent to an activating group) is 1. The lowest BCUT2D eigenvalue weighted by molar-refractivity contribution is -0.111. The Morgan fingerprint density at radius 3 is 2.50 bits per heavy atom. The number of piperazine rings is 1. The molecule has 0 aliphatic carbocycles. The molecule has 0 saturated carbocycles. The molecule has 5 aromatic rings. The Bertz CT molecular complexity index is 1660. The van der Waals surface area contributed by atoms with Crippen molar-refractivity contribution in [2.75, 3.05) is 48.8 Å². The zero-order chi connectivity index (χ0) is 27.5. The fourth-order valence-corrected chi connectivity index (χ4v) is 4.73. The summed E-state index contributed by atoms with van der Waals surface area (Å²) in [6.07, 6.45) is 6.43. The van der Waals surface area contributed by atoms with Gasteiger partial charge in [-0.2, -0.15) is 4.98 Å². The number of aromatic nitrogens is 5. The number of anilines is 4. The molecule has 0 unspecified atom stereocenters. The molecule has 200 valence electrons. The minimum atomic E-state index is -0.285. The summed E-state index contributed by atoms with van der Waals surface area (Å²) in [5.41, 5.74) is 5.60. The Morgan fingerprint density at radius 2 is 1.75 bits per heavy atom. The summed E-state index contributed by atoms with van der Waals surface area (Å²) in [5, 5.41) is 6.16. The molecule has 1 aliphatic rings. The first-order chi connectivity index (χ1) is 19.6. The number of carbonyl (C=O) groups is 1. The fourth-order valence-electron chi connectivity index (χ4n) is 4.73. The molecule has 2 N–H and O–H groups in total. The van der Waals surface area contributed by atoms with Crippen LogP contribution < -0.4 is 15.5 Å². The monoisotopic (exact) mass is 531 g/mol. The normalized spacial score (nSPS) is 13.8. The zero-order valence-corrected chi connectivity index (χ0v) is 22.2. The van der Waals surface area contributed by atoms with E-state index < -0.39 is 0 Å². The molecule has 10 heteroatoms. The van der Waals surface area contributed by atoms with Gasteiger partial charge in [0.05, 0.1) is 11.9 Å². The van der Waals surface area contributed by atoms with Gasteiger partial charge in [-0.15, -0.1) is 0 Å². The van der Waals surface area contributed by atoms with Crippen LogP contribution >= 0.6 is 0 Å². The van der Waals surface area contributed by atoms with E-state index in [0.29, 0.717) is 28.6 Å². The van der Waals surface area contributed by atoms with Gasteiger partial charge in [-0.1, -0.05) is 12.6 Å². The highest BCUT2D eigenvalue weighted by atomic mass is 16.1. The number of carbonyl (C=O) groups excluding carboxylic acids is 1. The quantitative estimate of drug-likeness (QED) is 0.296. The number of nitrogens with one attached hydrogen (secondary N) is 2. The molecule has 1 amide bonds. The van der Waals surface area contributed by atoms with Gasteiger partial charge < -0.3 is 20.4 Å². The van der Waals surface area contributed by atoms with Gasteiger partial charge >= 0.3 is 0 Å². The lowest BCUT2D eigenvalue weighted by atomic mass is 10.2. The number of fused-ring (bicyclic) bond motifs is 1. The van der Waals surface area contributed by atoms with Crippen molar-refractivity contribution in [1.29, 1.82) is 0 Å². The number of hydrogen-bond donors (Lipinski definition) is 2. The highest BCUT2D eigenvalue weighted by molar-refractivity contribution is 5.99. The number of pyridine rings is 1.